The number of ether oxygens (including phenoxy) is 2. The average Bonchev–Trinajstić information content (AvgIpc) is 3.37. The fourth-order valence-corrected chi connectivity index (χ4v) is 5.47. The van der Waals surface area contributed by atoms with Crippen LogP contribution >= 0.6 is 0 Å². The van der Waals surface area contributed by atoms with Gasteiger partial charge in [0.25, 0.3) is 10.0 Å². The van der Waals surface area contributed by atoms with Gasteiger partial charge in [0.15, 0.2) is 17.5 Å². The Morgan fingerprint density at radius 1 is 1.09 bits per heavy atom. The maximum Gasteiger partial charge on any atom is 0.490 e. The highest BCUT2D eigenvalue weighted by atomic mass is 32.2. The zero-order valence-electron chi connectivity index (χ0n) is 24.5. The van der Waals surface area contributed by atoms with Gasteiger partial charge in [-0.25, -0.2) is 22.0 Å². The number of amides is 1. The summed E-state index contributed by atoms with van der Waals surface area (Å²) in [6.07, 6.45) is -5.08. The van der Waals surface area contributed by atoms with Gasteiger partial charge in [-0.15, -0.1) is 0 Å². The van der Waals surface area contributed by atoms with Crippen LogP contribution in [0.3, 0.4) is 0 Å². The lowest BCUT2D eigenvalue weighted by Gasteiger charge is -2.22. The molecule has 252 valence electrons. The Hall–Kier alpha value is -4.81. The number of fused-ring (bicyclic) bond motifs is 1. The van der Waals surface area contributed by atoms with Crippen LogP contribution in [-0.4, -0.2) is 74.3 Å². The molecule has 5 rings (SSSR count). The van der Waals surface area contributed by atoms with E-state index in [-0.39, 0.29) is 18.3 Å². The number of nitrogens with zero attached hydrogens (tertiary/aromatic N) is 2. The van der Waals surface area contributed by atoms with Crippen LogP contribution in [0.2, 0.25) is 0 Å². The number of benzene rings is 3. The van der Waals surface area contributed by atoms with Gasteiger partial charge in [-0.3, -0.25) is 14.2 Å². The quantitative estimate of drug-likeness (QED) is 0.194. The second-order valence-electron chi connectivity index (χ2n) is 9.96. The number of rotatable bonds is 9. The van der Waals surface area contributed by atoms with Gasteiger partial charge in [-0.2, -0.15) is 18.3 Å². The molecule has 47 heavy (non-hydrogen) atoms. The Bertz CT molecular complexity index is 1860. The molecule has 0 radical (unpaired) electrons. The van der Waals surface area contributed by atoms with Crippen molar-refractivity contribution in [3.8, 4) is 5.75 Å². The third-order valence-electron chi connectivity index (χ3n) is 6.66. The van der Waals surface area contributed by atoms with E-state index in [1.54, 1.807) is 22.9 Å². The number of carboxylic acid groups (broad SMARTS) is 1. The van der Waals surface area contributed by atoms with Crippen molar-refractivity contribution >= 4 is 38.6 Å². The lowest BCUT2D eigenvalue weighted by Crippen LogP contribution is -2.51. The first-order chi connectivity index (χ1) is 22.2. The van der Waals surface area contributed by atoms with Crippen molar-refractivity contribution in [2.75, 3.05) is 31.6 Å². The van der Waals surface area contributed by atoms with Crippen LogP contribution in [0.15, 0.2) is 65.6 Å². The molecule has 1 aliphatic heterocycles. The van der Waals surface area contributed by atoms with E-state index < -0.39 is 44.7 Å². The number of halogens is 5. The SMILES string of the molecule is COc1cccc2c1c(NS(=O)(=O)c1ccc(F)c(F)c1)nn2Cc1cccc(CNC(=O)[C@H]2COCCN2)c1.O=C(O)C(F)(F)F. The molecular formula is C29H28F5N5O7S. The van der Waals surface area contributed by atoms with E-state index in [4.69, 9.17) is 19.4 Å². The monoisotopic (exact) mass is 685 g/mol. The standard InChI is InChI=1S/C27H27F2N5O5S.C2HF3O2/c1-38-24-7-3-6-23-25(24)26(33-40(36,37)19-8-9-20(28)21(29)13-19)32-34(23)15-18-5-2-4-17(12-18)14-31-27(35)22-16-39-11-10-30-22;3-2(4,5)1(6)7/h2-9,12-13,22,30H,10-11,14-16H2,1H3,(H,31,35)(H,32,33);(H,6,7)/t22-;/m1./s1. The Morgan fingerprint density at radius 3 is 2.43 bits per heavy atom. The Kier molecular flexibility index (Phi) is 11.0. The molecule has 0 saturated carbocycles. The van der Waals surface area contributed by atoms with E-state index in [1.165, 1.54) is 7.11 Å². The first kappa shape index (κ1) is 35.1. The van der Waals surface area contributed by atoms with E-state index in [1.807, 2.05) is 24.3 Å². The first-order valence-corrected chi connectivity index (χ1v) is 15.2. The molecular weight excluding hydrogens is 657 g/mol. The van der Waals surface area contributed by atoms with Crippen molar-refractivity contribution in [3.63, 3.8) is 0 Å². The molecule has 12 nitrogen and oxygen atoms in total. The predicted molar refractivity (Wildman–Crippen MR) is 157 cm³/mol. The summed E-state index contributed by atoms with van der Waals surface area (Å²) in [7, 11) is -2.85. The molecule has 1 aromatic heterocycles. The maximum atomic E-state index is 13.8. The number of carbonyl (C=O) groups excluding carboxylic acids is 1. The molecule has 3 aromatic carbocycles. The lowest BCUT2D eigenvalue weighted by atomic mass is 10.1. The van der Waals surface area contributed by atoms with Gasteiger partial charge in [0.1, 0.15) is 11.8 Å². The number of aromatic nitrogens is 2. The van der Waals surface area contributed by atoms with Gasteiger partial charge < -0.3 is 25.2 Å². The van der Waals surface area contributed by atoms with Crippen molar-refractivity contribution in [1.29, 1.82) is 0 Å². The molecule has 1 atom stereocenters. The largest absolute Gasteiger partial charge is 0.496 e. The number of morpholine rings is 1. The van der Waals surface area contributed by atoms with E-state index in [2.05, 4.69) is 20.5 Å². The van der Waals surface area contributed by atoms with Crippen LogP contribution in [0.4, 0.5) is 27.8 Å². The molecule has 1 aliphatic rings. The van der Waals surface area contributed by atoms with Gasteiger partial charge in [-0.1, -0.05) is 30.3 Å². The van der Waals surface area contributed by atoms with Crippen LogP contribution in [-0.2, 0) is 37.4 Å². The molecule has 2 heterocycles. The van der Waals surface area contributed by atoms with E-state index in [0.717, 1.165) is 23.3 Å². The number of carbonyl (C=O) groups is 2. The topological polar surface area (TPSA) is 161 Å². The summed E-state index contributed by atoms with van der Waals surface area (Å²) >= 11 is 0. The summed E-state index contributed by atoms with van der Waals surface area (Å²) in [4.78, 5) is 20.9. The summed E-state index contributed by atoms with van der Waals surface area (Å²) in [5.41, 5.74) is 2.31. The van der Waals surface area contributed by atoms with Crippen molar-refractivity contribution < 1.29 is 54.5 Å². The highest BCUT2D eigenvalue weighted by Gasteiger charge is 2.38. The minimum atomic E-state index is -5.08. The minimum absolute atomic E-state index is 0.0252. The number of anilines is 1. The summed E-state index contributed by atoms with van der Waals surface area (Å²) in [5, 5.41) is 18.1. The fraction of sp³-hybridized carbons (Fsp3) is 0.276. The minimum Gasteiger partial charge on any atom is -0.496 e. The number of hydrogen-bond acceptors (Lipinski definition) is 8. The lowest BCUT2D eigenvalue weighted by molar-refractivity contribution is -0.192. The number of carboxylic acids is 1. The third kappa shape index (κ3) is 8.93. The number of sulfonamides is 1. The highest BCUT2D eigenvalue weighted by molar-refractivity contribution is 7.92. The van der Waals surface area contributed by atoms with Gasteiger partial charge in [-0.05, 0) is 41.5 Å². The zero-order chi connectivity index (χ0) is 34.4. The number of methoxy groups -OCH3 is 1. The summed E-state index contributed by atoms with van der Waals surface area (Å²) in [5.74, 6) is -4.99. The van der Waals surface area contributed by atoms with E-state index >= 15 is 0 Å². The van der Waals surface area contributed by atoms with Crippen molar-refractivity contribution in [3.05, 3.63) is 83.4 Å². The smallest absolute Gasteiger partial charge is 0.490 e. The van der Waals surface area contributed by atoms with Crippen LogP contribution in [0.5, 0.6) is 5.75 Å². The molecule has 0 aliphatic carbocycles. The van der Waals surface area contributed by atoms with Gasteiger partial charge >= 0.3 is 12.1 Å². The normalized spacial score (nSPS) is 15.0. The number of aliphatic carboxylic acids is 1. The van der Waals surface area contributed by atoms with Gasteiger partial charge in [0.2, 0.25) is 5.91 Å². The second kappa shape index (κ2) is 14.7. The highest BCUT2D eigenvalue weighted by Crippen LogP contribution is 2.34. The van der Waals surface area contributed by atoms with Crippen LogP contribution in [0.1, 0.15) is 11.1 Å². The van der Waals surface area contributed by atoms with E-state index in [9.17, 15) is 35.2 Å². The number of nitrogens with one attached hydrogen (secondary N) is 3. The molecule has 4 N–H and O–H groups in total. The Labute approximate surface area is 264 Å². The molecule has 0 unspecified atom stereocenters. The molecule has 0 spiro atoms. The van der Waals surface area contributed by atoms with Crippen LogP contribution in [0.25, 0.3) is 10.9 Å². The number of alkyl halides is 3. The summed E-state index contributed by atoms with van der Waals surface area (Å²) < 4.78 is 99.7. The average molecular weight is 686 g/mol. The maximum absolute atomic E-state index is 13.8. The fourth-order valence-electron chi connectivity index (χ4n) is 4.45. The Morgan fingerprint density at radius 2 is 1.79 bits per heavy atom. The molecule has 18 heteroatoms. The first-order valence-electron chi connectivity index (χ1n) is 13.7. The third-order valence-corrected chi connectivity index (χ3v) is 8.00. The zero-order valence-corrected chi connectivity index (χ0v) is 25.3. The van der Waals surface area contributed by atoms with E-state index in [0.29, 0.717) is 49.0 Å². The predicted octanol–water partition coefficient (Wildman–Crippen LogP) is 3.41. The van der Waals surface area contributed by atoms with Crippen molar-refractivity contribution in [1.82, 2.24) is 20.4 Å². The molecule has 1 saturated heterocycles. The molecule has 1 fully saturated rings. The van der Waals surface area contributed by atoms with Crippen LogP contribution < -0.4 is 20.1 Å². The summed E-state index contributed by atoms with van der Waals surface area (Å²) in [6, 6.07) is 14.7. The van der Waals surface area contributed by atoms with Crippen molar-refractivity contribution in [2.45, 2.75) is 30.2 Å². The second-order valence-corrected chi connectivity index (χ2v) is 11.6. The molecule has 4 aromatic rings. The summed E-state index contributed by atoms with van der Waals surface area (Å²) in [6.45, 7) is 2.11. The molecule has 1 amide bonds. The van der Waals surface area contributed by atoms with Gasteiger partial charge in [0.05, 0.1) is 42.7 Å². The molecule has 0 bridgehead atoms. The number of hydrogen-bond donors (Lipinski definition) is 4. The van der Waals surface area contributed by atoms with Crippen molar-refractivity contribution in [2.24, 2.45) is 0 Å². The van der Waals surface area contributed by atoms with Crippen LogP contribution in [0, 0.1) is 11.6 Å². The Balaban J connectivity index is 0.000000644. The van der Waals surface area contributed by atoms with Gasteiger partial charge in [0, 0.05) is 13.1 Å².